The van der Waals surface area contributed by atoms with Crippen molar-refractivity contribution in [1.82, 2.24) is 10.2 Å². The van der Waals surface area contributed by atoms with Gasteiger partial charge in [0.05, 0.1) is 6.54 Å². The summed E-state index contributed by atoms with van der Waals surface area (Å²) in [4.78, 5) is 1.11. The molecule has 1 aromatic rings. The van der Waals surface area contributed by atoms with Crippen molar-refractivity contribution in [3.05, 3.63) is 34.6 Å². The van der Waals surface area contributed by atoms with Gasteiger partial charge >= 0.3 is 6.18 Å². The van der Waals surface area contributed by atoms with E-state index in [1.165, 1.54) is 18.2 Å². The summed E-state index contributed by atoms with van der Waals surface area (Å²) in [7, 11) is 1.64. The van der Waals surface area contributed by atoms with Crippen LogP contribution < -0.4 is 5.32 Å². The molecule has 1 N–H and O–H groups in total. The van der Waals surface area contributed by atoms with E-state index in [1.54, 1.807) is 7.05 Å². The molecule has 0 bridgehead atoms. The van der Waals surface area contributed by atoms with Crippen molar-refractivity contribution in [2.75, 3.05) is 26.7 Å². The van der Waals surface area contributed by atoms with Crippen LogP contribution in [0.5, 0.6) is 0 Å². The Bertz CT molecular complexity index is 389. The van der Waals surface area contributed by atoms with Crippen LogP contribution in [0.2, 0.25) is 5.02 Å². The van der Waals surface area contributed by atoms with Crippen LogP contribution in [0, 0.1) is 5.82 Å². The van der Waals surface area contributed by atoms with E-state index in [4.69, 9.17) is 11.6 Å². The summed E-state index contributed by atoms with van der Waals surface area (Å²) < 4.78 is 50.9. The molecule has 0 heterocycles. The number of hydrogen-bond acceptors (Lipinski definition) is 2. The number of benzene rings is 1. The molecule has 0 aromatic heterocycles. The van der Waals surface area contributed by atoms with Gasteiger partial charge in [0.25, 0.3) is 0 Å². The minimum atomic E-state index is -4.33. The van der Waals surface area contributed by atoms with Crippen LogP contribution in [0.15, 0.2) is 18.2 Å². The van der Waals surface area contributed by atoms with Gasteiger partial charge in [-0.3, -0.25) is 4.90 Å². The summed E-state index contributed by atoms with van der Waals surface area (Å²) in [5, 5.41) is 2.90. The predicted molar refractivity (Wildman–Crippen MR) is 66.7 cm³/mol. The number of hydrogen-bond donors (Lipinski definition) is 1. The molecule has 0 aliphatic rings. The van der Waals surface area contributed by atoms with Crippen molar-refractivity contribution in [1.29, 1.82) is 0 Å². The van der Waals surface area contributed by atoms with Gasteiger partial charge in [-0.2, -0.15) is 13.2 Å². The molecule has 0 aliphatic carbocycles. The topological polar surface area (TPSA) is 15.3 Å². The average molecular weight is 299 g/mol. The van der Waals surface area contributed by atoms with E-state index in [-0.39, 0.29) is 23.7 Å². The first-order valence-electron chi connectivity index (χ1n) is 5.70. The van der Waals surface area contributed by atoms with Gasteiger partial charge in [0.2, 0.25) is 0 Å². The summed E-state index contributed by atoms with van der Waals surface area (Å²) in [6, 6.07) is 4.07. The Morgan fingerprint density at radius 1 is 1.32 bits per heavy atom. The van der Waals surface area contributed by atoms with Crippen molar-refractivity contribution in [3.63, 3.8) is 0 Å². The lowest BCUT2D eigenvalue weighted by Crippen LogP contribution is -2.38. The zero-order valence-corrected chi connectivity index (χ0v) is 11.2. The van der Waals surface area contributed by atoms with Crippen molar-refractivity contribution in [3.8, 4) is 0 Å². The van der Waals surface area contributed by atoms with Crippen molar-refractivity contribution in [2.45, 2.75) is 12.7 Å². The van der Waals surface area contributed by atoms with Gasteiger partial charge in [-0.25, -0.2) is 4.39 Å². The van der Waals surface area contributed by atoms with Gasteiger partial charge in [0.15, 0.2) is 0 Å². The van der Waals surface area contributed by atoms with Gasteiger partial charge in [-0.05, 0) is 19.2 Å². The molecule has 2 nitrogen and oxygen atoms in total. The highest BCUT2D eigenvalue weighted by Crippen LogP contribution is 2.23. The molecule has 0 fully saturated rings. The first-order valence-corrected chi connectivity index (χ1v) is 6.08. The molecule has 0 saturated heterocycles. The highest BCUT2D eigenvalue weighted by molar-refractivity contribution is 6.31. The lowest BCUT2D eigenvalue weighted by Gasteiger charge is -2.24. The number of likely N-dealkylation sites (N-methyl/N-ethyl adjacent to an activating group) is 1. The highest BCUT2D eigenvalue weighted by Gasteiger charge is 2.31. The van der Waals surface area contributed by atoms with E-state index in [0.29, 0.717) is 6.54 Å². The number of alkyl halides is 3. The van der Waals surface area contributed by atoms with Crippen LogP contribution in [-0.2, 0) is 6.54 Å². The molecule has 108 valence electrons. The minimum absolute atomic E-state index is 0.0875. The van der Waals surface area contributed by atoms with Crippen molar-refractivity contribution in [2.24, 2.45) is 0 Å². The Morgan fingerprint density at radius 3 is 2.53 bits per heavy atom. The Kier molecular flexibility index (Phi) is 6.03. The number of nitrogens with one attached hydrogen (secondary N) is 1. The molecule has 1 aromatic carbocycles. The van der Waals surface area contributed by atoms with Gasteiger partial charge in [0.1, 0.15) is 5.82 Å². The third-order valence-electron chi connectivity index (χ3n) is 2.52. The van der Waals surface area contributed by atoms with Crippen molar-refractivity contribution < 1.29 is 17.6 Å². The van der Waals surface area contributed by atoms with Crippen LogP contribution in [0.3, 0.4) is 0 Å². The van der Waals surface area contributed by atoms with E-state index in [1.807, 2.05) is 0 Å². The summed E-state index contributed by atoms with van der Waals surface area (Å²) in [6.45, 7) is -0.741. The maximum Gasteiger partial charge on any atom is 0.401 e. The van der Waals surface area contributed by atoms with Gasteiger partial charge in [0, 0.05) is 30.2 Å². The number of nitrogens with zero attached hydrogens (tertiary/aromatic N) is 1. The second kappa shape index (κ2) is 7.07. The first-order chi connectivity index (χ1) is 8.83. The zero-order valence-electron chi connectivity index (χ0n) is 10.4. The SMILES string of the molecule is CNCCN(Cc1c(F)cccc1Cl)CC(F)(F)F. The van der Waals surface area contributed by atoms with Crippen LogP contribution >= 0.6 is 11.6 Å². The quantitative estimate of drug-likeness (QED) is 0.812. The van der Waals surface area contributed by atoms with Gasteiger partial charge in [-0.1, -0.05) is 17.7 Å². The van der Waals surface area contributed by atoms with Crippen LogP contribution in [-0.4, -0.2) is 37.8 Å². The second-order valence-corrected chi connectivity index (χ2v) is 4.54. The molecule has 0 amide bonds. The summed E-state index contributed by atoms with van der Waals surface area (Å²) in [6.07, 6.45) is -4.33. The van der Waals surface area contributed by atoms with Gasteiger partial charge < -0.3 is 5.32 Å². The highest BCUT2D eigenvalue weighted by atomic mass is 35.5. The molecule has 19 heavy (non-hydrogen) atoms. The van der Waals surface area contributed by atoms with E-state index < -0.39 is 18.5 Å². The standard InChI is InChI=1S/C12H15ClF4N2/c1-18-5-6-19(8-12(15,16)17)7-9-10(13)3-2-4-11(9)14/h2-4,18H,5-8H2,1H3. The second-order valence-electron chi connectivity index (χ2n) is 4.13. The summed E-state index contributed by atoms with van der Waals surface area (Å²) in [5.41, 5.74) is 0.0875. The van der Waals surface area contributed by atoms with E-state index in [9.17, 15) is 17.6 Å². The smallest absolute Gasteiger partial charge is 0.318 e. The van der Waals surface area contributed by atoms with E-state index in [2.05, 4.69) is 5.32 Å². The third-order valence-corrected chi connectivity index (χ3v) is 2.88. The predicted octanol–water partition coefficient (Wildman–Crippen LogP) is 3.06. The maximum absolute atomic E-state index is 13.6. The molecule has 0 spiro atoms. The maximum atomic E-state index is 13.6. The normalized spacial score (nSPS) is 12.2. The van der Waals surface area contributed by atoms with Crippen molar-refractivity contribution >= 4 is 11.6 Å². The lowest BCUT2D eigenvalue weighted by molar-refractivity contribution is -0.147. The average Bonchev–Trinajstić information content (AvgIpc) is 2.29. The van der Waals surface area contributed by atoms with E-state index >= 15 is 0 Å². The minimum Gasteiger partial charge on any atom is -0.318 e. The van der Waals surface area contributed by atoms with Crippen LogP contribution in [0.4, 0.5) is 17.6 Å². The van der Waals surface area contributed by atoms with Crippen LogP contribution in [0.1, 0.15) is 5.56 Å². The molecular formula is C12H15ClF4N2. The molecule has 0 unspecified atom stereocenters. The Hall–Kier alpha value is -0.850. The van der Waals surface area contributed by atoms with Crippen LogP contribution in [0.25, 0.3) is 0 Å². The molecule has 1 rings (SSSR count). The lowest BCUT2D eigenvalue weighted by atomic mass is 10.2. The summed E-state index contributed by atoms with van der Waals surface area (Å²) in [5.74, 6) is -0.593. The largest absolute Gasteiger partial charge is 0.401 e. The zero-order chi connectivity index (χ0) is 14.5. The molecule has 0 atom stereocenters. The number of halogens is 5. The molecular weight excluding hydrogens is 284 g/mol. The fraction of sp³-hybridized carbons (Fsp3) is 0.500. The fourth-order valence-electron chi connectivity index (χ4n) is 1.64. The number of rotatable bonds is 6. The molecule has 0 radical (unpaired) electrons. The van der Waals surface area contributed by atoms with Gasteiger partial charge in [-0.15, -0.1) is 0 Å². The Morgan fingerprint density at radius 2 is 2.00 bits per heavy atom. The first kappa shape index (κ1) is 16.2. The molecule has 7 heteroatoms. The Balaban J connectivity index is 2.81. The molecule has 0 saturated carbocycles. The summed E-state index contributed by atoms with van der Waals surface area (Å²) >= 11 is 5.82. The molecule has 0 aliphatic heterocycles. The monoisotopic (exact) mass is 298 g/mol. The van der Waals surface area contributed by atoms with E-state index in [0.717, 1.165) is 4.90 Å². The fourth-order valence-corrected chi connectivity index (χ4v) is 1.87. The Labute approximate surface area is 114 Å². The third kappa shape index (κ3) is 5.76.